The van der Waals surface area contributed by atoms with Crippen LogP contribution in [0.25, 0.3) is 0 Å². The van der Waals surface area contributed by atoms with Gasteiger partial charge >= 0.3 is 11.9 Å². The van der Waals surface area contributed by atoms with Crippen LogP contribution in [0.5, 0.6) is 11.5 Å². The van der Waals surface area contributed by atoms with Crippen LogP contribution in [0.2, 0.25) is 0 Å². The van der Waals surface area contributed by atoms with Gasteiger partial charge in [0.1, 0.15) is 11.5 Å². The van der Waals surface area contributed by atoms with Gasteiger partial charge in [0.2, 0.25) is 0 Å². The predicted molar refractivity (Wildman–Crippen MR) is 177 cm³/mol. The van der Waals surface area contributed by atoms with E-state index in [9.17, 15) is 19.8 Å². The summed E-state index contributed by atoms with van der Waals surface area (Å²) in [6.45, 7) is 24.4. The molecule has 0 aliphatic carbocycles. The van der Waals surface area contributed by atoms with Crippen LogP contribution >= 0.6 is 0 Å². The Labute approximate surface area is 264 Å². The molecule has 44 heavy (non-hydrogen) atoms. The average molecular weight is 619 g/mol. The largest absolute Gasteiger partial charge is 0.507 e. The van der Waals surface area contributed by atoms with Gasteiger partial charge in [0.05, 0.1) is 13.2 Å². The number of benzene rings is 2. The smallest absolute Gasteiger partial charge is 0.303 e. The molecule has 6 N–H and O–H groups in total. The minimum Gasteiger partial charge on any atom is -0.507 e. The maximum absolute atomic E-state index is 10.8. The van der Waals surface area contributed by atoms with E-state index in [4.69, 9.17) is 20.4 Å². The minimum atomic E-state index is -0.798. The first-order chi connectivity index (χ1) is 19.8. The molecular weight excluding hydrogens is 560 g/mol. The Morgan fingerprint density at radius 2 is 0.705 bits per heavy atom. The minimum absolute atomic E-state index is 0.109. The molecule has 0 radical (unpaired) electrons. The number of aliphatic hydroxyl groups excluding tert-OH is 2. The number of aryl methyl sites for hydroxylation is 2. The predicted octanol–water partition coefficient (Wildman–Crippen LogP) is 6.98. The van der Waals surface area contributed by atoms with Crippen LogP contribution < -0.4 is 0 Å². The summed E-state index contributed by atoms with van der Waals surface area (Å²) in [5, 5.41) is 54.0. The number of aliphatic carboxylic acids is 2. The SMILES string of the molecule is CC(C)(C)c1cc(CCC(=O)O)cc(C(C)(C)C)c1O.CC(C)(C)c1cc(CCC(=O)O)cc(C(C)(C)C)c1O.OCCO. The van der Waals surface area contributed by atoms with Crippen molar-refractivity contribution in [2.45, 2.75) is 130 Å². The van der Waals surface area contributed by atoms with Crippen LogP contribution in [0, 0.1) is 0 Å². The molecule has 0 fully saturated rings. The fraction of sp³-hybridized carbons (Fsp3) is 0.611. The standard InChI is InChI=1S/2C17H26O3.C2H6O2/c2*1-16(2,3)12-9-11(7-8-14(18)19)10-13(15(12)20)17(4,5)6;3-1-2-4/h2*9-10,20H,7-8H2,1-6H3,(H,18,19);3-4H,1-2H2. The Hall–Kier alpha value is -3.10. The molecule has 0 spiro atoms. The highest BCUT2D eigenvalue weighted by molar-refractivity contribution is 5.67. The molecule has 0 aromatic heterocycles. The Morgan fingerprint density at radius 1 is 0.500 bits per heavy atom. The van der Waals surface area contributed by atoms with Crippen molar-refractivity contribution in [1.29, 1.82) is 0 Å². The molecule has 8 heteroatoms. The van der Waals surface area contributed by atoms with Crippen molar-refractivity contribution >= 4 is 11.9 Å². The molecule has 0 aliphatic heterocycles. The van der Waals surface area contributed by atoms with Crippen molar-refractivity contribution in [3.63, 3.8) is 0 Å². The first-order valence-electron chi connectivity index (χ1n) is 15.2. The summed E-state index contributed by atoms with van der Waals surface area (Å²) in [5.74, 6) is -0.923. The number of aromatic hydroxyl groups is 2. The molecule has 0 unspecified atom stereocenters. The molecule has 0 aliphatic rings. The summed E-state index contributed by atoms with van der Waals surface area (Å²) in [6.07, 6.45) is 1.19. The van der Waals surface area contributed by atoms with Gasteiger partial charge in [-0.25, -0.2) is 0 Å². The van der Waals surface area contributed by atoms with E-state index in [-0.39, 0.29) is 47.7 Å². The summed E-state index contributed by atoms with van der Waals surface area (Å²) < 4.78 is 0. The molecule has 250 valence electrons. The number of hydrogen-bond acceptors (Lipinski definition) is 6. The third-order valence-corrected chi connectivity index (χ3v) is 6.93. The normalized spacial score (nSPS) is 12.0. The summed E-state index contributed by atoms with van der Waals surface area (Å²) in [5.41, 5.74) is 4.76. The average Bonchev–Trinajstić information content (AvgIpc) is 2.85. The van der Waals surface area contributed by atoms with Gasteiger partial charge in [-0.2, -0.15) is 0 Å². The number of carboxylic acids is 2. The number of aliphatic hydroxyl groups is 2. The lowest BCUT2D eigenvalue weighted by molar-refractivity contribution is -0.138. The fourth-order valence-corrected chi connectivity index (χ4v) is 4.47. The van der Waals surface area contributed by atoms with Crippen LogP contribution in [0.4, 0.5) is 0 Å². The van der Waals surface area contributed by atoms with E-state index in [1.165, 1.54) is 0 Å². The second kappa shape index (κ2) is 16.3. The Bertz CT molecular complexity index is 1070. The van der Waals surface area contributed by atoms with Crippen molar-refractivity contribution in [3.8, 4) is 11.5 Å². The van der Waals surface area contributed by atoms with Crippen LogP contribution in [0.3, 0.4) is 0 Å². The van der Waals surface area contributed by atoms with Gasteiger partial charge in [-0.05, 0) is 67.9 Å². The lowest BCUT2D eigenvalue weighted by atomic mass is 9.78. The second-order valence-electron chi connectivity index (χ2n) is 15.3. The molecule has 0 saturated carbocycles. The number of carboxylic acid groups (broad SMARTS) is 2. The number of rotatable bonds is 7. The molecule has 0 amide bonds. The third kappa shape index (κ3) is 13.7. The molecule has 0 bridgehead atoms. The summed E-state index contributed by atoms with van der Waals surface area (Å²) in [7, 11) is 0. The van der Waals surface area contributed by atoms with Gasteiger partial charge in [-0.3, -0.25) is 9.59 Å². The van der Waals surface area contributed by atoms with Crippen molar-refractivity contribution in [3.05, 3.63) is 57.6 Å². The lowest BCUT2D eigenvalue weighted by Gasteiger charge is -2.28. The van der Waals surface area contributed by atoms with Crippen molar-refractivity contribution < 1.29 is 40.2 Å². The first kappa shape index (κ1) is 40.9. The first-order valence-corrected chi connectivity index (χ1v) is 15.2. The van der Waals surface area contributed by atoms with E-state index in [0.29, 0.717) is 24.3 Å². The third-order valence-electron chi connectivity index (χ3n) is 6.93. The van der Waals surface area contributed by atoms with E-state index in [2.05, 4.69) is 83.1 Å². The van der Waals surface area contributed by atoms with Gasteiger partial charge < -0.3 is 30.6 Å². The number of phenolic OH excluding ortho intramolecular Hbond substituents is 2. The van der Waals surface area contributed by atoms with Crippen molar-refractivity contribution in [2.75, 3.05) is 13.2 Å². The van der Waals surface area contributed by atoms with Crippen LogP contribution in [-0.4, -0.2) is 55.8 Å². The Morgan fingerprint density at radius 3 is 0.841 bits per heavy atom. The monoisotopic (exact) mass is 618 g/mol. The van der Waals surface area contributed by atoms with Gasteiger partial charge in [-0.1, -0.05) is 107 Å². The Balaban J connectivity index is 0.000000749. The molecule has 2 aromatic rings. The zero-order valence-electron chi connectivity index (χ0n) is 29.1. The molecule has 0 atom stereocenters. The summed E-state index contributed by atoms with van der Waals surface area (Å²) >= 11 is 0. The molecular formula is C36H58O8. The van der Waals surface area contributed by atoms with Crippen molar-refractivity contribution in [1.82, 2.24) is 0 Å². The van der Waals surface area contributed by atoms with E-state index < -0.39 is 11.9 Å². The highest BCUT2D eigenvalue weighted by atomic mass is 16.4. The maximum Gasteiger partial charge on any atom is 0.303 e. The molecule has 0 heterocycles. The summed E-state index contributed by atoms with van der Waals surface area (Å²) in [6, 6.07) is 7.75. The lowest BCUT2D eigenvalue weighted by Crippen LogP contribution is -2.18. The highest BCUT2D eigenvalue weighted by Gasteiger charge is 2.27. The van der Waals surface area contributed by atoms with Gasteiger partial charge in [0.15, 0.2) is 0 Å². The topological polar surface area (TPSA) is 156 Å². The zero-order chi connectivity index (χ0) is 34.8. The van der Waals surface area contributed by atoms with Gasteiger partial charge in [0.25, 0.3) is 0 Å². The van der Waals surface area contributed by atoms with E-state index in [1.807, 2.05) is 24.3 Å². The van der Waals surface area contributed by atoms with Gasteiger partial charge in [0, 0.05) is 12.8 Å². The zero-order valence-corrected chi connectivity index (χ0v) is 29.1. The molecule has 8 nitrogen and oxygen atoms in total. The number of hydrogen-bond donors (Lipinski definition) is 6. The van der Waals surface area contributed by atoms with Crippen molar-refractivity contribution in [2.24, 2.45) is 0 Å². The summed E-state index contributed by atoms with van der Waals surface area (Å²) in [4.78, 5) is 21.5. The van der Waals surface area contributed by atoms with Crippen LogP contribution in [0.1, 0.15) is 129 Å². The quantitative estimate of drug-likeness (QED) is 0.194. The molecule has 2 rings (SSSR count). The number of carbonyl (C=O) groups is 2. The Kier molecular flexibility index (Phi) is 15.1. The molecule has 2 aromatic carbocycles. The maximum atomic E-state index is 10.8. The molecule has 0 saturated heterocycles. The van der Waals surface area contributed by atoms with Gasteiger partial charge in [-0.15, -0.1) is 0 Å². The van der Waals surface area contributed by atoms with Crippen LogP contribution in [-0.2, 0) is 44.1 Å². The van der Waals surface area contributed by atoms with E-state index in [0.717, 1.165) is 33.4 Å². The fourth-order valence-electron chi connectivity index (χ4n) is 4.47. The van der Waals surface area contributed by atoms with Crippen LogP contribution in [0.15, 0.2) is 24.3 Å². The highest BCUT2D eigenvalue weighted by Crippen LogP contribution is 2.41. The van der Waals surface area contributed by atoms with E-state index >= 15 is 0 Å². The second-order valence-corrected chi connectivity index (χ2v) is 15.3. The van der Waals surface area contributed by atoms with E-state index in [1.54, 1.807) is 0 Å². The number of phenols is 2.